The number of benzene rings is 1. The molecule has 98 valence electrons. The quantitative estimate of drug-likeness (QED) is 0.827. The van der Waals surface area contributed by atoms with Gasteiger partial charge >= 0.3 is 0 Å². The molecule has 1 aliphatic heterocycles. The second kappa shape index (κ2) is 6.01. The van der Waals surface area contributed by atoms with Crippen LogP contribution in [0.1, 0.15) is 18.1 Å². The molecule has 0 aliphatic carbocycles. The Morgan fingerprint density at radius 3 is 2.61 bits per heavy atom. The summed E-state index contributed by atoms with van der Waals surface area (Å²) < 4.78 is 0. The first kappa shape index (κ1) is 13.1. The molecule has 2 N–H and O–H groups in total. The molecule has 0 bridgehead atoms. The van der Waals surface area contributed by atoms with E-state index in [1.54, 1.807) is 0 Å². The van der Waals surface area contributed by atoms with Gasteiger partial charge in [-0.25, -0.2) is 0 Å². The molecule has 18 heavy (non-hydrogen) atoms. The van der Waals surface area contributed by atoms with Gasteiger partial charge < -0.3 is 10.6 Å². The molecule has 0 aromatic heterocycles. The van der Waals surface area contributed by atoms with Crippen molar-refractivity contribution in [3.8, 4) is 0 Å². The van der Waals surface area contributed by atoms with Crippen LogP contribution in [0.25, 0.3) is 0 Å². The maximum Gasteiger partial charge on any atom is 0.223 e. The number of hydrogen-bond acceptors (Lipinski definition) is 2. The molecule has 1 aromatic carbocycles. The Bertz CT molecular complexity index is 395. The van der Waals surface area contributed by atoms with Crippen molar-refractivity contribution >= 4 is 5.91 Å². The maximum absolute atomic E-state index is 11.9. The number of rotatable bonds is 5. The normalized spacial score (nSPS) is 17.0. The van der Waals surface area contributed by atoms with Crippen LogP contribution >= 0.6 is 0 Å². The summed E-state index contributed by atoms with van der Waals surface area (Å²) >= 11 is 0. The molecule has 1 heterocycles. The minimum atomic E-state index is 0.129. The summed E-state index contributed by atoms with van der Waals surface area (Å²) in [6, 6.07) is 8.47. The van der Waals surface area contributed by atoms with Gasteiger partial charge in [0, 0.05) is 12.5 Å². The fourth-order valence-electron chi connectivity index (χ4n) is 2.12. The van der Waals surface area contributed by atoms with Gasteiger partial charge in [-0.1, -0.05) is 36.8 Å². The molecule has 3 heteroatoms. The van der Waals surface area contributed by atoms with Crippen LogP contribution in [0.2, 0.25) is 0 Å². The molecule has 2 rings (SSSR count). The number of aryl methyl sites for hydroxylation is 1. The lowest BCUT2D eigenvalue weighted by Crippen LogP contribution is -2.49. The Hall–Kier alpha value is -1.35. The van der Waals surface area contributed by atoms with E-state index in [1.165, 1.54) is 11.1 Å². The predicted octanol–water partition coefficient (Wildman–Crippen LogP) is 1.51. The standard InChI is InChI=1S/C15H22N2O/c1-11-3-5-13(6-4-11)7-8-17-15(18)12(2)14-9-16-10-14/h3-6,12,14,16H,7-10H2,1-2H3,(H,17,18). The second-order valence-corrected chi connectivity index (χ2v) is 5.23. The van der Waals surface area contributed by atoms with Crippen molar-refractivity contribution in [2.45, 2.75) is 20.3 Å². The summed E-state index contributed by atoms with van der Waals surface area (Å²) in [4.78, 5) is 11.9. The second-order valence-electron chi connectivity index (χ2n) is 5.23. The van der Waals surface area contributed by atoms with E-state index in [0.29, 0.717) is 5.92 Å². The highest BCUT2D eigenvalue weighted by Crippen LogP contribution is 2.15. The van der Waals surface area contributed by atoms with Crippen LogP contribution in [0.4, 0.5) is 0 Å². The van der Waals surface area contributed by atoms with E-state index in [-0.39, 0.29) is 11.8 Å². The van der Waals surface area contributed by atoms with Crippen molar-refractivity contribution in [3.05, 3.63) is 35.4 Å². The Kier molecular flexibility index (Phi) is 4.37. The van der Waals surface area contributed by atoms with Gasteiger partial charge in [0.1, 0.15) is 0 Å². The van der Waals surface area contributed by atoms with E-state index < -0.39 is 0 Å². The highest BCUT2D eigenvalue weighted by molar-refractivity contribution is 5.78. The summed E-state index contributed by atoms with van der Waals surface area (Å²) in [6.07, 6.45) is 0.904. The monoisotopic (exact) mass is 246 g/mol. The van der Waals surface area contributed by atoms with E-state index in [4.69, 9.17) is 0 Å². The third-order valence-corrected chi connectivity index (χ3v) is 3.77. The summed E-state index contributed by atoms with van der Waals surface area (Å²) in [5.41, 5.74) is 2.55. The zero-order valence-corrected chi connectivity index (χ0v) is 11.2. The molecule has 1 unspecified atom stereocenters. The summed E-state index contributed by atoms with van der Waals surface area (Å²) in [6.45, 7) is 6.79. The third kappa shape index (κ3) is 3.33. The number of carbonyl (C=O) groups is 1. The van der Waals surface area contributed by atoms with Crippen molar-refractivity contribution in [1.29, 1.82) is 0 Å². The third-order valence-electron chi connectivity index (χ3n) is 3.77. The minimum Gasteiger partial charge on any atom is -0.356 e. The van der Waals surface area contributed by atoms with E-state index in [0.717, 1.165) is 26.1 Å². The Balaban J connectivity index is 1.71. The van der Waals surface area contributed by atoms with Gasteiger partial charge in [0.25, 0.3) is 0 Å². The molecule has 1 atom stereocenters. The Labute approximate surface area is 109 Å². The minimum absolute atomic E-state index is 0.129. The van der Waals surface area contributed by atoms with E-state index in [1.807, 2.05) is 6.92 Å². The lowest BCUT2D eigenvalue weighted by atomic mass is 9.88. The van der Waals surface area contributed by atoms with Crippen LogP contribution in [-0.2, 0) is 11.2 Å². The van der Waals surface area contributed by atoms with Crippen molar-refractivity contribution in [2.24, 2.45) is 11.8 Å². The molecule has 1 fully saturated rings. The zero-order valence-electron chi connectivity index (χ0n) is 11.2. The first-order valence-electron chi connectivity index (χ1n) is 6.71. The SMILES string of the molecule is Cc1ccc(CCNC(=O)C(C)C2CNC2)cc1. The highest BCUT2D eigenvalue weighted by Gasteiger charge is 2.28. The largest absolute Gasteiger partial charge is 0.356 e. The molecule has 0 spiro atoms. The number of nitrogens with one attached hydrogen (secondary N) is 2. The maximum atomic E-state index is 11.9. The first-order chi connectivity index (χ1) is 8.66. The average Bonchev–Trinajstić information content (AvgIpc) is 2.29. The van der Waals surface area contributed by atoms with Crippen LogP contribution in [0, 0.1) is 18.8 Å². The van der Waals surface area contributed by atoms with Gasteiger partial charge in [-0.05, 0) is 37.9 Å². The van der Waals surface area contributed by atoms with E-state index in [9.17, 15) is 4.79 Å². The molecular weight excluding hydrogens is 224 g/mol. The van der Waals surface area contributed by atoms with Gasteiger partial charge in [0.05, 0.1) is 0 Å². The summed E-state index contributed by atoms with van der Waals surface area (Å²) in [7, 11) is 0. The summed E-state index contributed by atoms with van der Waals surface area (Å²) in [5, 5.41) is 6.23. The molecule has 3 nitrogen and oxygen atoms in total. The number of hydrogen-bond donors (Lipinski definition) is 2. The van der Waals surface area contributed by atoms with Gasteiger partial charge in [-0.2, -0.15) is 0 Å². The van der Waals surface area contributed by atoms with Crippen LogP contribution in [0.15, 0.2) is 24.3 Å². The first-order valence-corrected chi connectivity index (χ1v) is 6.71. The molecule has 0 saturated carbocycles. The fourth-order valence-corrected chi connectivity index (χ4v) is 2.12. The molecule has 1 aliphatic rings. The molecule has 1 aromatic rings. The van der Waals surface area contributed by atoms with E-state index in [2.05, 4.69) is 41.8 Å². The van der Waals surface area contributed by atoms with Crippen molar-refractivity contribution in [3.63, 3.8) is 0 Å². The van der Waals surface area contributed by atoms with Crippen molar-refractivity contribution < 1.29 is 4.79 Å². The Morgan fingerprint density at radius 2 is 2.06 bits per heavy atom. The highest BCUT2D eigenvalue weighted by atomic mass is 16.1. The topological polar surface area (TPSA) is 41.1 Å². The zero-order chi connectivity index (χ0) is 13.0. The average molecular weight is 246 g/mol. The van der Waals surface area contributed by atoms with Crippen LogP contribution in [0.3, 0.4) is 0 Å². The lowest BCUT2D eigenvalue weighted by Gasteiger charge is -2.31. The van der Waals surface area contributed by atoms with Gasteiger partial charge in [0.2, 0.25) is 5.91 Å². The van der Waals surface area contributed by atoms with Gasteiger partial charge in [-0.3, -0.25) is 4.79 Å². The molecule has 1 saturated heterocycles. The van der Waals surface area contributed by atoms with Crippen LogP contribution < -0.4 is 10.6 Å². The molecule has 1 amide bonds. The molecular formula is C15H22N2O. The fraction of sp³-hybridized carbons (Fsp3) is 0.533. The van der Waals surface area contributed by atoms with Gasteiger partial charge in [-0.15, -0.1) is 0 Å². The predicted molar refractivity (Wildman–Crippen MR) is 73.4 cm³/mol. The van der Waals surface area contributed by atoms with Gasteiger partial charge in [0.15, 0.2) is 0 Å². The van der Waals surface area contributed by atoms with Crippen molar-refractivity contribution in [2.75, 3.05) is 19.6 Å². The lowest BCUT2D eigenvalue weighted by molar-refractivity contribution is -0.126. The number of carbonyl (C=O) groups excluding carboxylic acids is 1. The van der Waals surface area contributed by atoms with E-state index >= 15 is 0 Å². The Morgan fingerprint density at radius 1 is 1.39 bits per heavy atom. The molecule has 0 radical (unpaired) electrons. The number of amides is 1. The summed E-state index contributed by atoms with van der Waals surface area (Å²) in [5.74, 6) is 0.835. The van der Waals surface area contributed by atoms with Crippen molar-refractivity contribution in [1.82, 2.24) is 10.6 Å². The van der Waals surface area contributed by atoms with Crippen LogP contribution in [0.5, 0.6) is 0 Å². The van der Waals surface area contributed by atoms with Crippen LogP contribution in [-0.4, -0.2) is 25.5 Å². The smallest absolute Gasteiger partial charge is 0.223 e.